The summed E-state index contributed by atoms with van der Waals surface area (Å²) in [5.74, 6) is 1.15. The number of carbonyl (C=O) groups is 1. The van der Waals surface area contributed by atoms with E-state index in [1.54, 1.807) is 23.8 Å². The Kier molecular flexibility index (Phi) is 7.33. The van der Waals surface area contributed by atoms with Gasteiger partial charge in [-0.25, -0.2) is 4.98 Å². The van der Waals surface area contributed by atoms with Gasteiger partial charge in [0, 0.05) is 36.6 Å². The third-order valence-corrected chi connectivity index (χ3v) is 5.87. The summed E-state index contributed by atoms with van der Waals surface area (Å²) in [6.45, 7) is 8.19. The van der Waals surface area contributed by atoms with E-state index in [1.165, 1.54) is 0 Å². The summed E-state index contributed by atoms with van der Waals surface area (Å²) in [7, 11) is 0. The normalized spacial score (nSPS) is 14.0. The number of pyridine rings is 1. The molecule has 1 aliphatic rings. The van der Waals surface area contributed by atoms with Crippen LogP contribution < -0.4 is 20.5 Å². The number of benzene rings is 1. The van der Waals surface area contributed by atoms with E-state index in [1.807, 2.05) is 36.9 Å². The molecule has 2 aromatic heterocycles. The van der Waals surface area contributed by atoms with Crippen molar-refractivity contribution in [3.05, 3.63) is 45.8 Å². The highest BCUT2D eigenvalue weighted by Crippen LogP contribution is 2.28. The number of hydrogen-bond acceptors (Lipinski definition) is 8. The molecular weight excluding hydrogens is 458 g/mol. The predicted molar refractivity (Wildman–Crippen MR) is 133 cm³/mol. The van der Waals surface area contributed by atoms with Crippen molar-refractivity contribution in [3.8, 4) is 5.75 Å². The van der Waals surface area contributed by atoms with Gasteiger partial charge in [-0.2, -0.15) is 4.98 Å². The van der Waals surface area contributed by atoms with Crippen LogP contribution in [0.2, 0.25) is 5.02 Å². The minimum absolute atomic E-state index is 0.0690. The number of Topliss-reactive ketones (excluding diaryl/α,β-unsaturated/α-hetero) is 1. The van der Waals surface area contributed by atoms with E-state index in [-0.39, 0.29) is 29.7 Å². The van der Waals surface area contributed by atoms with Crippen LogP contribution >= 0.6 is 11.6 Å². The molecule has 180 valence electrons. The third kappa shape index (κ3) is 5.15. The number of carbonyl (C=O) groups excluding carboxylic acids is 1. The van der Waals surface area contributed by atoms with E-state index in [4.69, 9.17) is 21.1 Å². The van der Waals surface area contributed by atoms with Gasteiger partial charge in [0.2, 0.25) is 5.95 Å². The van der Waals surface area contributed by atoms with Gasteiger partial charge < -0.3 is 24.3 Å². The van der Waals surface area contributed by atoms with E-state index in [0.717, 1.165) is 16.6 Å². The summed E-state index contributed by atoms with van der Waals surface area (Å²) in [5.41, 5.74) is 1.24. The van der Waals surface area contributed by atoms with E-state index in [2.05, 4.69) is 15.3 Å². The summed E-state index contributed by atoms with van der Waals surface area (Å²) in [6.07, 6.45) is 1.93. The van der Waals surface area contributed by atoms with Gasteiger partial charge in [0.1, 0.15) is 11.6 Å². The molecular formula is C24H28ClN5O4. The maximum Gasteiger partial charge on any atom is 0.293 e. The van der Waals surface area contributed by atoms with Gasteiger partial charge in [0.25, 0.3) is 5.56 Å². The molecule has 0 unspecified atom stereocenters. The standard InChI is InChI=1S/C24H28ClN5O4/c1-4-18(31)14-34-21-12-16-11-17(5-6-20(16)30(15(2)3)23(21)32)27-22-19(25)13-26-24(28-22)29-7-9-33-10-8-29/h5-6,11-13,15H,4,7-10,14H2,1-3H3,(H,26,27,28). The number of ether oxygens (including phenoxy) is 2. The van der Waals surface area contributed by atoms with Crippen molar-refractivity contribution in [1.82, 2.24) is 14.5 Å². The molecule has 1 saturated heterocycles. The Bertz CT molecular complexity index is 1250. The Morgan fingerprint density at radius 3 is 2.74 bits per heavy atom. The van der Waals surface area contributed by atoms with Crippen molar-refractivity contribution in [2.75, 3.05) is 43.1 Å². The van der Waals surface area contributed by atoms with Crippen LogP contribution in [-0.2, 0) is 9.53 Å². The van der Waals surface area contributed by atoms with Crippen LogP contribution in [0.3, 0.4) is 0 Å². The molecule has 10 heteroatoms. The van der Waals surface area contributed by atoms with Gasteiger partial charge in [-0.3, -0.25) is 9.59 Å². The fourth-order valence-corrected chi connectivity index (χ4v) is 3.91. The van der Waals surface area contributed by atoms with Crippen LogP contribution in [0.5, 0.6) is 5.75 Å². The number of rotatable bonds is 8. The Balaban J connectivity index is 1.68. The van der Waals surface area contributed by atoms with Crippen LogP contribution in [0.1, 0.15) is 33.2 Å². The Labute approximate surface area is 202 Å². The van der Waals surface area contributed by atoms with Crippen LogP contribution in [-0.4, -0.2) is 53.2 Å². The molecule has 3 heterocycles. The first-order valence-electron chi connectivity index (χ1n) is 11.3. The number of anilines is 3. The topological polar surface area (TPSA) is 98.6 Å². The summed E-state index contributed by atoms with van der Waals surface area (Å²) in [5, 5.41) is 4.45. The summed E-state index contributed by atoms with van der Waals surface area (Å²) in [6, 6.07) is 7.22. The number of fused-ring (bicyclic) bond motifs is 1. The second kappa shape index (κ2) is 10.4. The Morgan fingerprint density at radius 1 is 1.26 bits per heavy atom. The fourth-order valence-electron chi connectivity index (χ4n) is 3.77. The fraction of sp³-hybridized carbons (Fsp3) is 0.417. The second-order valence-corrected chi connectivity index (χ2v) is 8.73. The molecule has 1 N–H and O–H groups in total. The zero-order chi connectivity index (χ0) is 24.2. The average Bonchev–Trinajstić information content (AvgIpc) is 2.84. The van der Waals surface area contributed by atoms with E-state index >= 15 is 0 Å². The number of morpholine rings is 1. The zero-order valence-electron chi connectivity index (χ0n) is 19.5. The number of aromatic nitrogens is 3. The number of nitrogens with zero attached hydrogens (tertiary/aromatic N) is 4. The number of nitrogens with one attached hydrogen (secondary N) is 1. The number of halogens is 1. The van der Waals surface area contributed by atoms with Gasteiger partial charge in [-0.05, 0) is 38.1 Å². The zero-order valence-corrected chi connectivity index (χ0v) is 20.3. The Hall–Kier alpha value is -3.17. The molecule has 0 bridgehead atoms. The highest BCUT2D eigenvalue weighted by molar-refractivity contribution is 6.32. The monoisotopic (exact) mass is 485 g/mol. The molecule has 0 saturated carbocycles. The van der Waals surface area contributed by atoms with Crippen molar-refractivity contribution in [2.45, 2.75) is 33.2 Å². The molecule has 0 radical (unpaired) electrons. The minimum atomic E-state index is -0.263. The summed E-state index contributed by atoms with van der Waals surface area (Å²) >= 11 is 6.37. The van der Waals surface area contributed by atoms with Crippen molar-refractivity contribution in [1.29, 1.82) is 0 Å². The second-order valence-electron chi connectivity index (χ2n) is 8.32. The van der Waals surface area contributed by atoms with Gasteiger partial charge >= 0.3 is 0 Å². The number of ketones is 1. The van der Waals surface area contributed by atoms with Crippen LogP contribution in [0.15, 0.2) is 35.3 Å². The molecule has 3 aromatic rings. The summed E-state index contributed by atoms with van der Waals surface area (Å²) in [4.78, 5) is 35.7. The smallest absolute Gasteiger partial charge is 0.293 e. The maximum absolute atomic E-state index is 13.0. The molecule has 4 rings (SSSR count). The lowest BCUT2D eigenvalue weighted by molar-refractivity contribution is -0.120. The molecule has 0 amide bonds. The lowest BCUT2D eigenvalue weighted by Gasteiger charge is -2.27. The van der Waals surface area contributed by atoms with Crippen LogP contribution in [0.4, 0.5) is 17.5 Å². The van der Waals surface area contributed by atoms with Crippen molar-refractivity contribution in [3.63, 3.8) is 0 Å². The quantitative estimate of drug-likeness (QED) is 0.512. The molecule has 9 nitrogen and oxygen atoms in total. The van der Waals surface area contributed by atoms with E-state index < -0.39 is 0 Å². The molecule has 1 aliphatic heterocycles. The van der Waals surface area contributed by atoms with Crippen molar-refractivity contribution in [2.24, 2.45) is 0 Å². The molecule has 0 atom stereocenters. The first-order chi connectivity index (χ1) is 16.4. The number of hydrogen-bond donors (Lipinski definition) is 1. The minimum Gasteiger partial charge on any atom is -0.480 e. The average molecular weight is 486 g/mol. The first kappa shape index (κ1) is 24.0. The van der Waals surface area contributed by atoms with Crippen molar-refractivity contribution < 1.29 is 14.3 Å². The molecule has 34 heavy (non-hydrogen) atoms. The first-order valence-corrected chi connectivity index (χ1v) is 11.7. The SMILES string of the molecule is CCC(=O)COc1cc2cc(Nc3nc(N4CCOCC4)ncc3Cl)ccc2n(C(C)C)c1=O. The predicted octanol–water partition coefficient (Wildman–Crippen LogP) is 3.96. The highest BCUT2D eigenvalue weighted by atomic mass is 35.5. The molecule has 0 spiro atoms. The van der Waals surface area contributed by atoms with Crippen LogP contribution in [0, 0.1) is 0 Å². The van der Waals surface area contributed by atoms with E-state index in [9.17, 15) is 9.59 Å². The molecule has 1 fully saturated rings. The lowest BCUT2D eigenvalue weighted by Crippen LogP contribution is -2.37. The van der Waals surface area contributed by atoms with Gasteiger partial charge in [-0.1, -0.05) is 18.5 Å². The Morgan fingerprint density at radius 2 is 2.03 bits per heavy atom. The highest BCUT2D eigenvalue weighted by Gasteiger charge is 2.17. The van der Waals surface area contributed by atoms with E-state index in [0.29, 0.717) is 49.5 Å². The van der Waals surface area contributed by atoms with Gasteiger partial charge in [0.05, 0.1) is 24.9 Å². The maximum atomic E-state index is 13.0. The van der Waals surface area contributed by atoms with Crippen LogP contribution in [0.25, 0.3) is 10.9 Å². The van der Waals surface area contributed by atoms with Gasteiger partial charge in [0.15, 0.2) is 17.4 Å². The van der Waals surface area contributed by atoms with Gasteiger partial charge in [-0.15, -0.1) is 0 Å². The molecule has 0 aliphatic carbocycles. The third-order valence-electron chi connectivity index (χ3n) is 5.59. The van der Waals surface area contributed by atoms with Crippen molar-refractivity contribution >= 4 is 45.7 Å². The lowest BCUT2D eigenvalue weighted by atomic mass is 10.1. The largest absolute Gasteiger partial charge is 0.480 e. The molecule has 1 aromatic carbocycles. The summed E-state index contributed by atoms with van der Waals surface area (Å²) < 4.78 is 12.7.